The quantitative estimate of drug-likeness (QED) is 0.808. The molecule has 6 heteroatoms. The van der Waals surface area contributed by atoms with Crippen molar-refractivity contribution < 1.29 is 14.3 Å². The molecule has 116 valence electrons. The van der Waals surface area contributed by atoms with Crippen molar-refractivity contribution in [2.24, 2.45) is 11.8 Å². The molecule has 0 radical (unpaired) electrons. The molecule has 1 aliphatic carbocycles. The van der Waals surface area contributed by atoms with Crippen LogP contribution in [-0.2, 0) is 20.8 Å². The zero-order valence-corrected chi connectivity index (χ0v) is 12.4. The molecule has 21 heavy (non-hydrogen) atoms. The minimum absolute atomic E-state index is 0.124. The number of rotatable bonds is 7. The molecular weight excluding hydrogens is 270 g/mol. The molecule has 1 amide bonds. The monoisotopic (exact) mass is 293 g/mol. The Bertz CT molecular complexity index is 463. The Morgan fingerprint density at radius 1 is 1.57 bits per heavy atom. The number of nitrogens with one attached hydrogen (secondary N) is 1. The number of amides is 1. The predicted octanol–water partition coefficient (Wildman–Crippen LogP) is 0.829. The maximum Gasteiger partial charge on any atom is 0.220 e. The largest absolute Gasteiger partial charge is 0.384 e. The third kappa shape index (κ3) is 3.11. The van der Waals surface area contributed by atoms with Crippen molar-refractivity contribution in [2.45, 2.75) is 38.0 Å². The summed E-state index contributed by atoms with van der Waals surface area (Å²) in [5.74, 6) is 0.899. The molecule has 0 unspecified atom stereocenters. The van der Waals surface area contributed by atoms with E-state index in [9.17, 15) is 4.79 Å². The van der Waals surface area contributed by atoms with Gasteiger partial charge in [0.25, 0.3) is 0 Å². The summed E-state index contributed by atoms with van der Waals surface area (Å²) in [6.45, 7) is 2.24. The predicted molar refractivity (Wildman–Crippen MR) is 76.6 cm³/mol. The van der Waals surface area contributed by atoms with E-state index in [0.717, 1.165) is 26.0 Å². The number of nitrogens with zero attached hydrogens (tertiary/aromatic N) is 2. The van der Waals surface area contributed by atoms with Crippen LogP contribution in [0.2, 0.25) is 0 Å². The maximum atomic E-state index is 12.1. The van der Waals surface area contributed by atoms with Gasteiger partial charge in [0.05, 0.1) is 12.7 Å². The van der Waals surface area contributed by atoms with E-state index in [1.165, 1.54) is 0 Å². The summed E-state index contributed by atoms with van der Waals surface area (Å²) in [5.41, 5.74) is 0. The fourth-order valence-corrected chi connectivity index (χ4v) is 3.53. The number of fused-ring (bicyclic) bond motifs is 1. The van der Waals surface area contributed by atoms with Gasteiger partial charge in [0.15, 0.2) is 0 Å². The standard InChI is InChI=1S/C15H23N3O3/c1-20-10-12-14(11-5-9-21-15(11)12)17-13(19)4-2-7-18-8-3-6-16-18/h3,6,8,11-12,14-15H,2,4-5,7,9-10H2,1H3,(H,17,19)/t11-,12+,14-,15-/m1/s1. The molecule has 1 aromatic rings. The van der Waals surface area contributed by atoms with Crippen molar-refractivity contribution >= 4 is 5.91 Å². The van der Waals surface area contributed by atoms with Crippen LogP contribution >= 0.6 is 0 Å². The van der Waals surface area contributed by atoms with Gasteiger partial charge in [0, 0.05) is 57.0 Å². The molecule has 2 aliphatic rings. The highest BCUT2D eigenvalue weighted by molar-refractivity contribution is 5.76. The van der Waals surface area contributed by atoms with E-state index >= 15 is 0 Å². The molecule has 1 saturated heterocycles. The third-order valence-corrected chi connectivity index (χ3v) is 4.57. The molecule has 2 fully saturated rings. The van der Waals surface area contributed by atoms with Crippen LogP contribution in [0.3, 0.4) is 0 Å². The van der Waals surface area contributed by atoms with Crippen LogP contribution in [0, 0.1) is 11.8 Å². The second-order valence-electron chi connectivity index (χ2n) is 5.87. The van der Waals surface area contributed by atoms with E-state index in [2.05, 4.69) is 10.4 Å². The van der Waals surface area contributed by atoms with Gasteiger partial charge in [-0.15, -0.1) is 0 Å². The van der Waals surface area contributed by atoms with E-state index in [0.29, 0.717) is 24.9 Å². The van der Waals surface area contributed by atoms with Gasteiger partial charge in [-0.25, -0.2) is 0 Å². The van der Waals surface area contributed by atoms with Gasteiger partial charge < -0.3 is 14.8 Å². The number of carbonyl (C=O) groups is 1. The molecule has 1 N–H and O–H groups in total. The van der Waals surface area contributed by atoms with Crippen LogP contribution in [0.4, 0.5) is 0 Å². The van der Waals surface area contributed by atoms with Crippen LogP contribution in [0.1, 0.15) is 19.3 Å². The van der Waals surface area contributed by atoms with Crippen molar-refractivity contribution in [3.8, 4) is 0 Å². The van der Waals surface area contributed by atoms with Crippen molar-refractivity contribution in [2.75, 3.05) is 20.3 Å². The summed E-state index contributed by atoms with van der Waals surface area (Å²) in [6, 6.07) is 2.11. The smallest absolute Gasteiger partial charge is 0.220 e. The van der Waals surface area contributed by atoms with Crippen LogP contribution < -0.4 is 5.32 Å². The molecule has 2 heterocycles. The lowest BCUT2D eigenvalue weighted by Gasteiger charge is -2.47. The van der Waals surface area contributed by atoms with E-state index in [4.69, 9.17) is 9.47 Å². The second-order valence-corrected chi connectivity index (χ2v) is 5.87. The number of hydrogen-bond acceptors (Lipinski definition) is 4. The topological polar surface area (TPSA) is 65.4 Å². The number of aryl methyl sites for hydroxylation is 1. The van der Waals surface area contributed by atoms with Crippen molar-refractivity contribution in [1.29, 1.82) is 0 Å². The first kappa shape index (κ1) is 14.5. The summed E-state index contributed by atoms with van der Waals surface area (Å²) < 4.78 is 12.8. The molecule has 6 nitrogen and oxygen atoms in total. The minimum atomic E-state index is 0.124. The Labute approximate surface area is 124 Å². The van der Waals surface area contributed by atoms with E-state index in [1.54, 1.807) is 13.3 Å². The molecule has 4 atom stereocenters. The maximum absolute atomic E-state index is 12.1. The molecule has 0 bridgehead atoms. The minimum Gasteiger partial charge on any atom is -0.384 e. The Hall–Kier alpha value is -1.40. The van der Waals surface area contributed by atoms with Crippen LogP contribution in [0.5, 0.6) is 0 Å². The van der Waals surface area contributed by atoms with Crippen molar-refractivity contribution in [1.82, 2.24) is 15.1 Å². The van der Waals surface area contributed by atoms with Gasteiger partial charge in [0.1, 0.15) is 0 Å². The van der Waals surface area contributed by atoms with Gasteiger partial charge >= 0.3 is 0 Å². The Balaban J connectivity index is 1.43. The molecular formula is C15H23N3O3. The lowest BCUT2D eigenvalue weighted by molar-refractivity contribution is -0.129. The first-order chi connectivity index (χ1) is 10.3. The van der Waals surface area contributed by atoms with Crippen molar-refractivity contribution in [3.63, 3.8) is 0 Å². The summed E-state index contributed by atoms with van der Waals surface area (Å²) >= 11 is 0. The lowest BCUT2D eigenvalue weighted by atomic mass is 9.67. The summed E-state index contributed by atoms with van der Waals surface area (Å²) in [7, 11) is 1.70. The van der Waals surface area contributed by atoms with E-state index in [-0.39, 0.29) is 18.1 Å². The third-order valence-electron chi connectivity index (χ3n) is 4.57. The Morgan fingerprint density at radius 3 is 3.24 bits per heavy atom. The lowest BCUT2D eigenvalue weighted by Crippen LogP contribution is -2.62. The molecule has 0 aromatic carbocycles. The van der Waals surface area contributed by atoms with Gasteiger partial charge in [-0.2, -0.15) is 5.10 Å². The van der Waals surface area contributed by atoms with Gasteiger partial charge in [0.2, 0.25) is 5.91 Å². The second kappa shape index (κ2) is 6.58. The van der Waals surface area contributed by atoms with Gasteiger partial charge in [-0.1, -0.05) is 0 Å². The zero-order valence-electron chi connectivity index (χ0n) is 12.4. The van der Waals surface area contributed by atoms with Crippen molar-refractivity contribution in [3.05, 3.63) is 18.5 Å². The molecule has 1 aliphatic heterocycles. The number of ether oxygens (including phenoxy) is 2. The molecule has 1 saturated carbocycles. The van der Waals surface area contributed by atoms with Crippen LogP contribution in [0.25, 0.3) is 0 Å². The van der Waals surface area contributed by atoms with Gasteiger partial charge in [-0.3, -0.25) is 9.48 Å². The number of methoxy groups -OCH3 is 1. The average molecular weight is 293 g/mol. The number of hydrogen-bond donors (Lipinski definition) is 1. The summed E-state index contributed by atoms with van der Waals surface area (Å²) in [5, 5.41) is 7.31. The first-order valence-corrected chi connectivity index (χ1v) is 7.67. The summed E-state index contributed by atoms with van der Waals surface area (Å²) in [4.78, 5) is 12.1. The number of carbonyl (C=O) groups excluding carboxylic acids is 1. The van der Waals surface area contributed by atoms with E-state index in [1.807, 2.05) is 16.9 Å². The first-order valence-electron chi connectivity index (χ1n) is 7.67. The Morgan fingerprint density at radius 2 is 2.48 bits per heavy atom. The highest BCUT2D eigenvalue weighted by Crippen LogP contribution is 2.43. The van der Waals surface area contributed by atoms with Crippen LogP contribution in [0.15, 0.2) is 18.5 Å². The Kier molecular flexibility index (Phi) is 4.55. The highest BCUT2D eigenvalue weighted by Gasteiger charge is 2.54. The van der Waals surface area contributed by atoms with Gasteiger partial charge in [-0.05, 0) is 18.9 Å². The number of aromatic nitrogens is 2. The average Bonchev–Trinajstić information content (AvgIpc) is 3.12. The fraction of sp³-hybridized carbons (Fsp3) is 0.733. The fourth-order valence-electron chi connectivity index (χ4n) is 3.53. The zero-order chi connectivity index (χ0) is 14.7. The SMILES string of the molecule is COC[C@H]1[C@H](NC(=O)CCCn2cccn2)[C@H]2CCO[C@H]21. The molecule has 0 spiro atoms. The summed E-state index contributed by atoms with van der Waals surface area (Å²) in [6.07, 6.45) is 6.33. The normalized spacial score (nSPS) is 30.7. The highest BCUT2D eigenvalue weighted by atomic mass is 16.5. The van der Waals surface area contributed by atoms with Crippen LogP contribution in [-0.4, -0.2) is 48.2 Å². The molecule has 1 aromatic heterocycles. The molecule has 3 rings (SSSR count). The van der Waals surface area contributed by atoms with E-state index < -0.39 is 0 Å².